The molecule has 8 nitrogen and oxygen atoms in total. The number of carboxylic acid groups (broad SMARTS) is 1. The lowest BCUT2D eigenvalue weighted by Crippen LogP contribution is -2.33. The smallest absolute Gasteiger partial charge is 0.325 e. The van der Waals surface area contributed by atoms with Crippen LogP contribution in [0.5, 0.6) is 11.5 Å². The Morgan fingerprint density at radius 2 is 2.00 bits per heavy atom. The number of aliphatic carboxylic acids is 1. The molecule has 0 amide bonds. The first kappa shape index (κ1) is 24.1. The number of hydrogen-bond acceptors (Lipinski definition) is 5. The molecule has 1 heterocycles. The topological polar surface area (TPSA) is 102 Å². The highest BCUT2D eigenvalue weighted by atomic mass is 35.5. The molecule has 0 fully saturated rings. The van der Waals surface area contributed by atoms with Gasteiger partial charge in [0.25, 0.3) is 0 Å². The molecular weight excluding hydrogens is 492 g/mol. The molecule has 1 atom stereocenters. The van der Waals surface area contributed by atoms with E-state index < -0.39 is 33.7 Å². The number of rotatable bonds is 7. The number of aromatic nitrogens is 2. The third kappa shape index (κ3) is 4.63. The molecule has 1 N–H and O–H groups in total. The van der Waals surface area contributed by atoms with Gasteiger partial charge in [-0.3, -0.25) is 9.48 Å². The van der Waals surface area contributed by atoms with E-state index in [1.54, 1.807) is 0 Å². The molecule has 0 spiro atoms. The lowest BCUT2D eigenvalue weighted by molar-refractivity contribution is -0.137. The van der Waals surface area contributed by atoms with Crippen molar-refractivity contribution in [3.05, 3.63) is 70.5 Å². The highest BCUT2D eigenvalue weighted by Crippen LogP contribution is 2.38. The molecule has 34 heavy (non-hydrogen) atoms. The van der Waals surface area contributed by atoms with Crippen molar-refractivity contribution in [3.8, 4) is 11.5 Å². The first-order chi connectivity index (χ1) is 16.1. The molecule has 1 aliphatic rings. The van der Waals surface area contributed by atoms with Crippen molar-refractivity contribution < 1.29 is 31.8 Å². The van der Waals surface area contributed by atoms with Crippen LogP contribution in [0.15, 0.2) is 47.5 Å². The van der Waals surface area contributed by atoms with Gasteiger partial charge in [0.15, 0.2) is 11.6 Å². The zero-order valence-corrected chi connectivity index (χ0v) is 19.5. The molecular formula is C22H20ClF2N3O5S. The number of hydrogen-bond donors (Lipinski definition) is 1. The minimum atomic E-state index is -4.00. The summed E-state index contributed by atoms with van der Waals surface area (Å²) in [5, 5.41) is 13.1. The second kappa shape index (κ2) is 9.32. The predicted octanol–water partition coefficient (Wildman–Crippen LogP) is 4.39. The van der Waals surface area contributed by atoms with Crippen LogP contribution in [-0.2, 0) is 27.8 Å². The molecule has 180 valence electrons. The summed E-state index contributed by atoms with van der Waals surface area (Å²) in [5.74, 6) is -2.98. The summed E-state index contributed by atoms with van der Waals surface area (Å²) >= 11 is 6.22. The maximum atomic E-state index is 13.9. The van der Waals surface area contributed by atoms with Gasteiger partial charge < -0.3 is 9.84 Å². The average Bonchev–Trinajstić information content (AvgIpc) is 3.18. The lowest BCUT2D eigenvalue weighted by Gasteiger charge is -2.31. The number of carboxylic acids is 1. The number of halogens is 3. The summed E-state index contributed by atoms with van der Waals surface area (Å²) in [4.78, 5) is 11.0. The van der Waals surface area contributed by atoms with E-state index in [4.69, 9.17) is 21.4 Å². The van der Waals surface area contributed by atoms with Crippen molar-refractivity contribution in [3.63, 3.8) is 0 Å². The molecule has 0 saturated carbocycles. The van der Waals surface area contributed by atoms with Gasteiger partial charge >= 0.3 is 5.97 Å². The maximum absolute atomic E-state index is 13.9. The second-order valence-corrected chi connectivity index (χ2v) is 10.2. The van der Waals surface area contributed by atoms with Gasteiger partial charge in [-0.1, -0.05) is 11.6 Å². The van der Waals surface area contributed by atoms with Gasteiger partial charge in [-0.2, -0.15) is 9.40 Å². The number of fused-ring (bicyclic) bond motifs is 1. The highest BCUT2D eigenvalue weighted by Gasteiger charge is 2.34. The molecule has 2 aromatic carbocycles. The summed E-state index contributed by atoms with van der Waals surface area (Å²) in [6.45, 7) is -0.301. The molecule has 4 rings (SSSR count). The van der Waals surface area contributed by atoms with Crippen molar-refractivity contribution in [1.29, 1.82) is 0 Å². The Kier molecular flexibility index (Phi) is 6.61. The Balaban J connectivity index is 1.59. The van der Waals surface area contributed by atoms with Gasteiger partial charge in [0.2, 0.25) is 10.0 Å². The minimum Gasteiger partial charge on any atom is -0.480 e. The fraction of sp³-hybridized carbons (Fsp3) is 0.273. The van der Waals surface area contributed by atoms with Gasteiger partial charge in [0.1, 0.15) is 18.1 Å². The highest BCUT2D eigenvalue weighted by molar-refractivity contribution is 7.89. The van der Waals surface area contributed by atoms with Gasteiger partial charge in [0.05, 0.1) is 22.2 Å². The van der Waals surface area contributed by atoms with E-state index >= 15 is 0 Å². The first-order valence-electron chi connectivity index (χ1n) is 10.2. The van der Waals surface area contributed by atoms with E-state index in [1.165, 1.54) is 40.4 Å². The number of ether oxygens (including phenoxy) is 1. The van der Waals surface area contributed by atoms with E-state index in [1.807, 2.05) is 0 Å². The standard InChI is InChI=1S/C22H20ClF2N3O5S/c1-27(18-3-2-4-19-15(18)11-26-28(19)12-22(29)30)34(31,32)14-6-8-20(16(23)10-14)33-21-7-5-13(24)9-17(21)25/h5-11,18H,2-4,12H2,1H3,(H,29,30)/t18-/m1/s1. The fourth-order valence-electron chi connectivity index (χ4n) is 3.97. The number of nitrogens with zero attached hydrogens (tertiary/aromatic N) is 3. The van der Waals surface area contributed by atoms with Gasteiger partial charge in [-0.15, -0.1) is 0 Å². The largest absolute Gasteiger partial charge is 0.480 e. The average molecular weight is 512 g/mol. The third-order valence-corrected chi connectivity index (χ3v) is 7.81. The Morgan fingerprint density at radius 1 is 1.26 bits per heavy atom. The summed E-state index contributed by atoms with van der Waals surface area (Å²) in [5.41, 5.74) is 1.36. The fourth-order valence-corrected chi connectivity index (χ4v) is 5.65. The first-order valence-corrected chi connectivity index (χ1v) is 12.1. The van der Waals surface area contributed by atoms with Gasteiger partial charge in [0, 0.05) is 24.4 Å². The van der Waals surface area contributed by atoms with E-state index in [9.17, 15) is 22.0 Å². The molecule has 0 unspecified atom stereocenters. The Bertz CT molecular complexity index is 1360. The third-order valence-electron chi connectivity index (χ3n) is 5.65. The van der Waals surface area contributed by atoms with E-state index in [-0.39, 0.29) is 28.0 Å². The molecule has 1 aliphatic carbocycles. The summed E-state index contributed by atoms with van der Waals surface area (Å²) in [7, 11) is -2.56. The van der Waals surface area contributed by atoms with Crippen LogP contribution < -0.4 is 4.74 Å². The number of benzene rings is 2. The van der Waals surface area contributed by atoms with Crippen LogP contribution in [-0.4, -0.2) is 40.6 Å². The van der Waals surface area contributed by atoms with Crippen molar-refractivity contribution in [1.82, 2.24) is 14.1 Å². The molecule has 3 aromatic rings. The Hall–Kier alpha value is -3.02. The van der Waals surface area contributed by atoms with Crippen LogP contribution in [0.2, 0.25) is 5.02 Å². The van der Waals surface area contributed by atoms with E-state index in [0.717, 1.165) is 12.1 Å². The van der Waals surface area contributed by atoms with Crippen LogP contribution in [0.1, 0.15) is 30.1 Å². The zero-order chi connectivity index (χ0) is 24.6. The van der Waals surface area contributed by atoms with Gasteiger partial charge in [-0.05, 0) is 49.6 Å². The summed E-state index contributed by atoms with van der Waals surface area (Å²) in [6, 6.07) is 6.03. The van der Waals surface area contributed by atoms with Crippen LogP contribution in [0.4, 0.5) is 8.78 Å². The van der Waals surface area contributed by atoms with Gasteiger partial charge in [-0.25, -0.2) is 17.2 Å². The molecule has 12 heteroatoms. The normalized spacial score (nSPS) is 15.9. The molecule has 0 saturated heterocycles. The lowest BCUT2D eigenvalue weighted by atomic mass is 9.93. The van der Waals surface area contributed by atoms with Crippen molar-refractivity contribution in [2.75, 3.05) is 7.05 Å². The summed E-state index contributed by atoms with van der Waals surface area (Å²) < 4.78 is 61.6. The molecule has 0 bridgehead atoms. The van der Waals surface area contributed by atoms with E-state index in [2.05, 4.69) is 5.10 Å². The molecule has 0 aliphatic heterocycles. The zero-order valence-electron chi connectivity index (χ0n) is 17.9. The molecule has 1 aromatic heterocycles. The number of carbonyl (C=O) groups is 1. The van der Waals surface area contributed by atoms with Crippen molar-refractivity contribution in [2.45, 2.75) is 36.7 Å². The molecule has 0 radical (unpaired) electrons. The Labute approximate surface area is 199 Å². The van der Waals surface area contributed by atoms with Crippen LogP contribution in [0, 0.1) is 11.6 Å². The van der Waals surface area contributed by atoms with Crippen LogP contribution in [0.3, 0.4) is 0 Å². The summed E-state index contributed by atoms with van der Waals surface area (Å²) in [6.07, 6.45) is 3.32. The minimum absolute atomic E-state index is 0.00341. The SMILES string of the molecule is CN([C@@H]1CCCc2c1cnn2CC(=O)O)S(=O)(=O)c1ccc(Oc2ccc(F)cc2F)c(Cl)c1. The van der Waals surface area contributed by atoms with Crippen LogP contribution >= 0.6 is 11.6 Å². The predicted molar refractivity (Wildman–Crippen MR) is 118 cm³/mol. The van der Waals surface area contributed by atoms with Crippen molar-refractivity contribution in [2.24, 2.45) is 0 Å². The van der Waals surface area contributed by atoms with E-state index in [0.29, 0.717) is 36.6 Å². The van der Waals surface area contributed by atoms with Crippen molar-refractivity contribution >= 4 is 27.6 Å². The second-order valence-electron chi connectivity index (χ2n) is 7.80. The maximum Gasteiger partial charge on any atom is 0.325 e. The monoisotopic (exact) mass is 511 g/mol. The quantitative estimate of drug-likeness (QED) is 0.505. The number of sulfonamides is 1. The van der Waals surface area contributed by atoms with Crippen LogP contribution in [0.25, 0.3) is 0 Å². The Morgan fingerprint density at radius 3 is 2.68 bits per heavy atom.